The highest BCUT2D eigenvalue weighted by Gasteiger charge is 2.36. The van der Waals surface area contributed by atoms with Crippen LogP contribution in [-0.4, -0.2) is 47.9 Å². The summed E-state index contributed by atoms with van der Waals surface area (Å²) in [6.45, 7) is 3.60. The van der Waals surface area contributed by atoms with Crippen molar-refractivity contribution >= 4 is 28.4 Å². The molecule has 24 heavy (non-hydrogen) atoms. The van der Waals surface area contributed by atoms with Gasteiger partial charge in [-0.05, 0) is 37.1 Å². The van der Waals surface area contributed by atoms with Gasteiger partial charge in [0, 0.05) is 41.7 Å². The number of nitrogens with zero attached hydrogens (tertiary/aromatic N) is 1. The molecule has 1 aliphatic rings. The second-order valence-electron chi connectivity index (χ2n) is 5.94. The van der Waals surface area contributed by atoms with E-state index in [1.165, 1.54) is 0 Å². The number of benzene rings is 1. The molecule has 6 nitrogen and oxygen atoms in total. The summed E-state index contributed by atoms with van der Waals surface area (Å²) in [6.07, 6.45) is 3.13. The van der Waals surface area contributed by atoms with Crippen molar-refractivity contribution in [3.63, 3.8) is 0 Å². The van der Waals surface area contributed by atoms with Gasteiger partial charge in [0.1, 0.15) is 12.1 Å². The lowest BCUT2D eigenvalue weighted by Crippen LogP contribution is -2.40. The Morgan fingerprint density at radius 3 is 3.12 bits per heavy atom. The number of primary amides is 1. The van der Waals surface area contributed by atoms with Crippen LogP contribution >= 0.6 is 11.6 Å². The molecule has 0 spiro atoms. The van der Waals surface area contributed by atoms with Crippen LogP contribution in [0.25, 0.3) is 10.9 Å². The van der Waals surface area contributed by atoms with E-state index in [0.29, 0.717) is 31.2 Å². The fourth-order valence-electron chi connectivity index (χ4n) is 3.08. The number of hydrogen-bond acceptors (Lipinski definition) is 4. The Balaban J connectivity index is 1.67. The first-order valence-corrected chi connectivity index (χ1v) is 8.52. The molecule has 1 aromatic carbocycles. The molecule has 0 radical (unpaired) electrons. The third kappa shape index (κ3) is 3.72. The summed E-state index contributed by atoms with van der Waals surface area (Å²) >= 11 is 6.08. The van der Waals surface area contributed by atoms with Crippen molar-refractivity contribution in [2.45, 2.75) is 31.9 Å². The lowest BCUT2D eigenvalue weighted by Gasteiger charge is -2.20. The maximum atomic E-state index is 11.7. The number of carbonyl (C=O) groups is 1. The lowest BCUT2D eigenvalue weighted by atomic mass is 10.1. The zero-order valence-electron chi connectivity index (χ0n) is 13.6. The number of halogens is 1. The minimum absolute atomic E-state index is 0.125. The van der Waals surface area contributed by atoms with Crippen LogP contribution in [0.2, 0.25) is 5.02 Å². The number of hydrogen-bond donors (Lipinski definition) is 2. The van der Waals surface area contributed by atoms with Gasteiger partial charge in [0.15, 0.2) is 0 Å². The second kappa shape index (κ2) is 7.53. The van der Waals surface area contributed by atoms with Crippen LogP contribution in [-0.2, 0) is 20.8 Å². The first-order chi connectivity index (χ1) is 11.6. The highest BCUT2D eigenvalue weighted by Crippen LogP contribution is 2.25. The van der Waals surface area contributed by atoms with Crippen LogP contribution in [0.5, 0.6) is 0 Å². The Kier molecular flexibility index (Phi) is 5.40. The number of hydroxylamine groups is 2. The summed E-state index contributed by atoms with van der Waals surface area (Å²) in [6, 6.07) is 5.34. The van der Waals surface area contributed by atoms with Gasteiger partial charge < -0.3 is 15.5 Å². The largest absolute Gasteiger partial charge is 0.379 e. The first-order valence-electron chi connectivity index (χ1n) is 8.14. The molecule has 0 bridgehead atoms. The van der Waals surface area contributed by atoms with E-state index >= 15 is 0 Å². The van der Waals surface area contributed by atoms with Crippen LogP contribution in [0, 0.1) is 0 Å². The van der Waals surface area contributed by atoms with Crippen molar-refractivity contribution in [2.24, 2.45) is 5.73 Å². The van der Waals surface area contributed by atoms with E-state index in [1.54, 1.807) is 5.06 Å². The maximum absolute atomic E-state index is 11.7. The van der Waals surface area contributed by atoms with E-state index < -0.39 is 6.04 Å². The standard InChI is InChI=1S/C17H22ClN3O3/c1-2-23-10-13-8-16(17(19)22)21(24-13)6-5-11-9-20-15-4-3-12(18)7-14(11)15/h3-4,7,9,13,16,20H,2,5-6,8,10H2,1H3,(H2,19,22). The van der Waals surface area contributed by atoms with Gasteiger partial charge in [0.05, 0.1) is 6.61 Å². The Labute approximate surface area is 145 Å². The number of nitrogens with two attached hydrogens (primary N) is 1. The Bertz CT molecular complexity index is 718. The van der Waals surface area contributed by atoms with E-state index in [4.69, 9.17) is 26.9 Å². The van der Waals surface area contributed by atoms with Gasteiger partial charge in [0.25, 0.3) is 0 Å². The maximum Gasteiger partial charge on any atom is 0.237 e. The van der Waals surface area contributed by atoms with E-state index in [-0.39, 0.29) is 12.0 Å². The molecule has 1 saturated heterocycles. The average molecular weight is 352 g/mol. The normalized spacial score (nSPS) is 21.6. The number of aromatic nitrogens is 1. The van der Waals surface area contributed by atoms with Gasteiger partial charge in [-0.2, -0.15) is 5.06 Å². The van der Waals surface area contributed by atoms with E-state index in [0.717, 1.165) is 22.9 Å². The molecule has 3 N–H and O–H groups in total. The summed E-state index contributed by atoms with van der Waals surface area (Å²) in [5, 5.41) is 3.48. The molecule has 7 heteroatoms. The number of carbonyl (C=O) groups excluding carboxylic acids is 1. The van der Waals surface area contributed by atoms with E-state index in [1.807, 2.05) is 31.3 Å². The minimum Gasteiger partial charge on any atom is -0.379 e. The second-order valence-corrected chi connectivity index (χ2v) is 6.37. The molecule has 2 unspecified atom stereocenters. The number of H-pyrrole nitrogens is 1. The van der Waals surface area contributed by atoms with Crippen molar-refractivity contribution in [3.8, 4) is 0 Å². The summed E-state index contributed by atoms with van der Waals surface area (Å²) < 4.78 is 5.39. The molecule has 0 aliphatic carbocycles. The number of nitrogens with one attached hydrogen (secondary N) is 1. The topological polar surface area (TPSA) is 80.6 Å². The average Bonchev–Trinajstić information content (AvgIpc) is 3.14. The molecular formula is C17H22ClN3O3. The predicted molar refractivity (Wildman–Crippen MR) is 92.7 cm³/mol. The molecule has 2 atom stereocenters. The van der Waals surface area contributed by atoms with Gasteiger partial charge in [-0.25, -0.2) is 0 Å². The molecule has 1 amide bonds. The monoisotopic (exact) mass is 351 g/mol. The van der Waals surface area contributed by atoms with Gasteiger partial charge in [-0.3, -0.25) is 9.63 Å². The number of aromatic amines is 1. The summed E-state index contributed by atoms with van der Waals surface area (Å²) in [5.74, 6) is -0.365. The Morgan fingerprint density at radius 1 is 1.54 bits per heavy atom. The zero-order valence-corrected chi connectivity index (χ0v) is 14.4. The fourth-order valence-corrected chi connectivity index (χ4v) is 3.25. The number of rotatable bonds is 7. The molecule has 1 aromatic heterocycles. The van der Waals surface area contributed by atoms with Crippen molar-refractivity contribution in [3.05, 3.63) is 35.0 Å². The molecular weight excluding hydrogens is 330 g/mol. The third-order valence-corrected chi connectivity index (χ3v) is 4.52. The van der Waals surface area contributed by atoms with Gasteiger partial charge in [-0.15, -0.1) is 0 Å². The molecule has 1 fully saturated rings. The molecule has 3 rings (SSSR count). The van der Waals surface area contributed by atoms with Crippen LogP contribution in [0.3, 0.4) is 0 Å². The quantitative estimate of drug-likeness (QED) is 0.801. The van der Waals surface area contributed by atoms with Crippen LogP contribution in [0.4, 0.5) is 0 Å². The van der Waals surface area contributed by atoms with E-state index in [9.17, 15) is 4.79 Å². The molecule has 1 aliphatic heterocycles. The minimum atomic E-state index is -0.413. The van der Waals surface area contributed by atoms with Gasteiger partial charge in [0.2, 0.25) is 5.91 Å². The van der Waals surface area contributed by atoms with Crippen molar-refractivity contribution in [1.82, 2.24) is 10.0 Å². The third-order valence-electron chi connectivity index (χ3n) is 4.29. The predicted octanol–water partition coefficient (Wildman–Crippen LogP) is 2.26. The van der Waals surface area contributed by atoms with Gasteiger partial charge in [-0.1, -0.05) is 11.6 Å². The zero-order chi connectivity index (χ0) is 17.1. The number of amides is 1. The Hall–Kier alpha value is -1.60. The van der Waals surface area contributed by atoms with Gasteiger partial charge >= 0.3 is 0 Å². The van der Waals surface area contributed by atoms with Crippen molar-refractivity contribution in [1.29, 1.82) is 0 Å². The van der Waals surface area contributed by atoms with Crippen molar-refractivity contribution in [2.75, 3.05) is 19.8 Å². The number of ether oxygens (including phenoxy) is 1. The number of fused-ring (bicyclic) bond motifs is 1. The van der Waals surface area contributed by atoms with Crippen LogP contribution < -0.4 is 5.73 Å². The molecule has 2 aromatic rings. The van der Waals surface area contributed by atoms with Crippen LogP contribution in [0.1, 0.15) is 18.9 Å². The Morgan fingerprint density at radius 2 is 2.38 bits per heavy atom. The molecule has 0 saturated carbocycles. The highest BCUT2D eigenvalue weighted by atomic mass is 35.5. The molecule has 2 heterocycles. The smallest absolute Gasteiger partial charge is 0.237 e. The highest BCUT2D eigenvalue weighted by molar-refractivity contribution is 6.31. The van der Waals surface area contributed by atoms with Crippen molar-refractivity contribution < 1.29 is 14.4 Å². The SMILES string of the molecule is CCOCC1CC(C(N)=O)N(CCc2c[nH]c3ccc(Cl)cc23)O1. The van der Waals surface area contributed by atoms with Crippen LogP contribution in [0.15, 0.2) is 24.4 Å². The summed E-state index contributed by atoms with van der Waals surface area (Å²) in [4.78, 5) is 20.8. The van der Waals surface area contributed by atoms with E-state index in [2.05, 4.69) is 4.98 Å². The molecule has 130 valence electrons. The summed E-state index contributed by atoms with van der Waals surface area (Å²) in [7, 11) is 0. The first kappa shape index (κ1) is 17.2. The lowest BCUT2D eigenvalue weighted by molar-refractivity contribution is -0.177. The fraction of sp³-hybridized carbons (Fsp3) is 0.471. The summed E-state index contributed by atoms with van der Waals surface area (Å²) in [5.41, 5.74) is 7.68.